The van der Waals surface area contributed by atoms with E-state index in [4.69, 9.17) is 18.0 Å². The minimum Gasteiger partial charge on any atom is -0.389 e. The molecule has 1 fully saturated rings. The van der Waals surface area contributed by atoms with Crippen molar-refractivity contribution in [1.82, 2.24) is 4.31 Å². The second kappa shape index (κ2) is 5.40. The summed E-state index contributed by atoms with van der Waals surface area (Å²) in [7, 11) is -3.44. The van der Waals surface area contributed by atoms with Crippen molar-refractivity contribution in [2.75, 3.05) is 13.1 Å². The van der Waals surface area contributed by atoms with E-state index >= 15 is 0 Å². The van der Waals surface area contributed by atoms with Gasteiger partial charge in [0.25, 0.3) is 0 Å². The van der Waals surface area contributed by atoms with Crippen molar-refractivity contribution in [3.8, 4) is 0 Å². The minimum atomic E-state index is -3.44. The van der Waals surface area contributed by atoms with Crippen molar-refractivity contribution in [2.45, 2.75) is 24.7 Å². The smallest absolute Gasteiger partial charge is 0.218 e. The van der Waals surface area contributed by atoms with Crippen LogP contribution >= 0.6 is 12.2 Å². The second-order valence-electron chi connectivity index (χ2n) is 5.40. The lowest BCUT2D eigenvalue weighted by molar-refractivity contribution is 0.0762. The zero-order valence-corrected chi connectivity index (χ0v) is 12.9. The number of hydrogen-bond donors (Lipinski definition) is 2. The van der Waals surface area contributed by atoms with Gasteiger partial charge in [-0.25, -0.2) is 8.42 Å². The van der Waals surface area contributed by atoms with Crippen LogP contribution in [0.3, 0.4) is 0 Å². The summed E-state index contributed by atoms with van der Waals surface area (Å²) in [6.45, 7) is 2.14. The maximum Gasteiger partial charge on any atom is 0.218 e. The molecule has 0 saturated carbocycles. The molecule has 3 N–H and O–H groups in total. The third-order valence-electron chi connectivity index (χ3n) is 3.37. The summed E-state index contributed by atoms with van der Waals surface area (Å²) in [5, 5.41) is 9.87. The number of benzene rings is 1. The monoisotopic (exact) mass is 314 g/mol. The summed E-state index contributed by atoms with van der Waals surface area (Å²) in [6, 6.07) is 6.90. The summed E-state index contributed by atoms with van der Waals surface area (Å²) >= 11 is 4.89. The summed E-state index contributed by atoms with van der Waals surface area (Å²) in [6.07, 6.45) is 0.457. The first-order valence-electron chi connectivity index (χ1n) is 6.29. The fourth-order valence-corrected chi connectivity index (χ4v) is 4.01. The maximum atomic E-state index is 12.3. The van der Waals surface area contributed by atoms with Crippen LogP contribution < -0.4 is 5.73 Å². The number of hydrogen-bond acceptors (Lipinski definition) is 4. The fraction of sp³-hybridized carbons (Fsp3) is 0.462. The zero-order chi connectivity index (χ0) is 15.0. The van der Waals surface area contributed by atoms with Crippen molar-refractivity contribution in [3.05, 3.63) is 35.4 Å². The molecule has 1 saturated heterocycles. The molecule has 1 aromatic carbocycles. The number of thiocarbonyl (C=S) groups is 1. The standard InChI is InChI=1S/C13H18N2O3S2/c1-13(16)5-6-15(9-13)20(17,18)8-10-3-2-4-11(7-10)12(14)19/h2-4,7,16H,5-6,8-9H2,1H3,(H2,14,19). The van der Waals surface area contributed by atoms with Gasteiger partial charge in [0.15, 0.2) is 0 Å². The number of sulfonamides is 1. The summed E-state index contributed by atoms with van der Waals surface area (Å²) < 4.78 is 26.0. The molecule has 0 aliphatic carbocycles. The van der Waals surface area contributed by atoms with Crippen LogP contribution in [-0.2, 0) is 15.8 Å². The molecule has 1 aliphatic rings. The van der Waals surface area contributed by atoms with Crippen molar-refractivity contribution in [2.24, 2.45) is 5.73 Å². The third-order valence-corrected chi connectivity index (χ3v) is 5.40. The van der Waals surface area contributed by atoms with Crippen LogP contribution in [0.4, 0.5) is 0 Å². The predicted octanol–water partition coefficient (Wildman–Crippen LogP) is 0.607. The molecule has 1 atom stereocenters. The van der Waals surface area contributed by atoms with Crippen molar-refractivity contribution >= 4 is 27.2 Å². The molecule has 1 aromatic rings. The number of β-amino-alcohol motifs (C(OH)–C–C–N with tert-alkyl or cyclic N) is 1. The molecule has 0 radical (unpaired) electrons. The molecule has 0 spiro atoms. The van der Waals surface area contributed by atoms with Gasteiger partial charge in [0.1, 0.15) is 4.99 Å². The van der Waals surface area contributed by atoms with Gasteiger partial charge in [-0.2, -0.15) is 4.31 Å². The third kappa shape index (κ3) is 3.54. The molecule has 5 nitrogen and oxygen atoms in total. The van der Waals surface area contributed by atoms with Gasteiger partial charge in [0.05, 0.1) is 11.4 Å². The van der Waals surface area contributed by atoms with E-state index in [2.05, 4.69) is 0 Å². The molecule has 7 heteroatoms. The summed E-state index contributed by atoms with van der Waals surface area (Å²) in [5.41, 5.74) is 5.90. The van der Waals surface area contributed by atoms with E-state index in [0.717, 1.165) is 0 Å². The molecule has 0 amide bonds. The van der Waals surface area contributed by atoms with Crippen molar-refractivity contribution in [1.29, 1.82) is 0 Å². The lowest BCUT2D eigenvalue weighted by Crippen LogP contribution is -2.34. The number of nitrogens with zero attached hydrogens (tertiary/aromatic N) is 1. The molecule has 20 heavy (non-hydrogen) atoms. The van der Waals surface area contributed by atoms with E-state index in [1.807, 2.05) is 0 Å². The number of nitrogens with two attached hydrogens (primary N) is 1. The van der Waals surface area contributed by atoms with E-state index in [9.17, 15) is 13.5 Å². The largest absolute Gasteiger partial charge is 0.389 e. The highest BCUT2D eigenvalue weighted by Crippen LogP contribution is 2.24. The zero-order valence-electron chi connectivity index (χ0n) is 11.2. The molecule has 0 bridgehead atoms. The topological polar surface area (TPSA) is 83.6 Å². The Morgan fingerprint density at radius 1 is 1.55 bits per heavy atom. The summed E-state index contributed by atoms with van der Waals surface area (Å²) in [4.78, 5) is 0.244. The minimum absolute atomic E-state index is 0.112. The quantitative estimate of drug-likeness (QED) is 0.796. The molecule has 110 valence electrons. The molecule has 1 heterocycles. The average Bonchev–Trinajstić information content (AvgIpc) is 2.70. The van der Waals surface area contributed by atoms with Crippen LogP contribution in [0.1, 0.15) is 24.5 Å². The Kier molecular flexibility index (Phi) is 4.15. The van der Waals surface area contributed by atoms with Gasteiger partial charge in [-0.15, -0.1) is 0 Å². The number of rotatable bonds is 4. The average molecular weight is 314 g/mol. The number of aliphatic hydroxyl groups is 1. The van der Waals surface area contributed by atoms with Crippen LogP contribution in [0.5, 0.6) is 0 Å². The molecule has 1 aliphatic heterocycles. The fourth-order valence-electron chi connectivity index (χ4n) is 2.26. The van der Waals surface area contributed by atoms with E-state index in [1.165, 1.54) is 4.31 Å². The Hall–Kier alpha value is -1.02. The molecule has 2 rings (SSSR count). The SMILES string of the molecule is CC1(O)CCN(S(=O)(=O)Cc2cccc(C(N)=S)c2)C1. The molecule has 0 aromatic heterocycles. The van der Waals surface area contributed by atoms with Gasteiger partial charge in [-0.1, -0.05) is 30.4 Å². The second-order valence-corrected chi connectivity index (χ2v) is 7.81. The van der Waals surface area contributed by atoms with Crippen molar-refractivity contribution in [3.63, 3.8) is 0 Å². The van der Waals surface area contributed by atoms with E-state index in [1.54, 1.807) is 31.2 Å². The Morgan fingerprint density at radius 3 is 2.80 bits per heavy atom. The Balaban J connectivity index is 2.17. The Bertz CT molecular complexity index is 626. The van der Waals surface area contributed by atoms with Gasteiger partial charge < -0.3 is 10.8 Å². The molecular weight excluding hydrogens is 296 g/mol. The predicted molar refractivity (Wildman–Crippen MR) is 81.8 cm³/mol. The summed E-state index contributed by atoms with van der Waals surface area (Å²) in [5.74, 6) is -0.112. The highest BCUT2D eigenvalue weighted by Gasteiger charge is 2.37. The lowest BCUT2D eigenvalue weighted by atomic mass is 10.1. The first-order chi connectivity index (χ1) is 9.20. The maximum absolute atomic E-state index is 12.3. The van der Waals surface area contributed by atoms with Gasteiger partial charge in [-0.3, -0.25) is 0 Å². The van der Waals surface area contributed by atoms with E-state index in [-0.39, 0.29) is 17.3 Å². The van der Waals surface area contributed by atoms with Crippen LogP contribution in [0.2, 0.25) is 0 Å². The Labute approximate surface area is 124 Å². The normalized spacial score (nSPS) is 23.9. The van der Waals surface area contributed by atoms with E-state index in [0.29, 0.717) is 24.1 Å². The first-order valence-corrected chi connectivity index (χ1v) is 8.30. The van der Waals surface area contributed by atoms with Gasteiger partial charge in [0, 0.05) is 18.7 Å². The van der Waals surface area contributed by atoms with Crippen LogP contribution in [-0.4, -0.2) is 41.5 Å². The van der Waals surface area contributed by atoms with Gasteiger partial charge in [-0.05, 0) is 25.0 Å². The molecular formula is C13H18N2O3S2. The lowest BCUT2D eigenvalue weighted by Gasteiger charge is -2.19. The van der Waals surface area contributed by atoms with Gasteiger partial charge in [0.2, 0.25) is 10.0 Å². The highest BCUT2D eigenvalue weighted by molar-refractivity contribution is 7.88. The van der Waals surface area contributed by atoms with Crippen LogP contribution in [0.15, 0.2) is 24.3 Å². The highest BCUT2D eigenvalue weighted by atomic mass is 32.2. The molecule has 1 unspecified atom stereocenters. The van der Waals surface area contributed by atoms with E-state index < -0.39 is 15.6 Å². The first kappa shape index (κ1) is 15.4. The van der Waals surface area contributed by atoms with Gasteiger partial charge >= 0.3 is 0 Å². The van der Waals surface area contributed by atoms with Crippen LogP contribution in [0, 0.1) is 0 Å². The van der Waals surface area contributed by atoms with Crippen LogP contribution in [0.25, 0.3) is 0 Å². The Morgan fingerprint density at radius 2 is 2.25 bits per heavy atom. The van der Waals surface area contributed by atoms with Crippen molar-refractivity contribution < 1.29 is 13.5 Å².